The van der Waals surface area contributed by atoms with Gasteiger partial charge in [0.25, 0.3) is 10.0 Å². The standard InChI is InChI=1S/C11H17N3O5S3/c12-21(16,17)8-5-13-11(15)9-3-1-6-14(9)22(18,19)10-4-2-7-20-10/h2,4,7,9H,1,3,5-6,8H2,(H,13,15)(H2,12,16,17)/t9-/m0/s1. The molecule has 0 unspecified atom stereocenters. The van der Waals surface area contributed by atoms with Gasteiger partial charge in [-0.15, -0.1) is 11.3 Å². The average Bonchev–Trinajstić information content (AvgIpc) is 3.09. The van der Waals surface area contributed by atoms with Crippen LogP contribution in [0.2, 0.25) is 0 Å². The molecule has 0 saturated carbocycles. The number of hydrogen-bond acceptors (Lipinski definition) is 6. The van der Waals surface area contributed by atoms with E-state index in [2.05, 4.69) is 5.32 Å². The zero-order valence-corrected chi connectivity index (χ0v) is 14.1. The van der Waals surface area contributed by atoms with Crippen LogP contribution in [0.5, 0.6) is 0 Å². The first kappa shape index (κ1) is 17.3. The Balaban J connectivity index is 2.06. The van der Waals surface area contributed by atoms with Gasteiger partial charge in [-0.1, -0.05) is 6.07 Å². The molecule has 0 radical (unpaired) electrons. The van der Waals surface area contributed by atoms with Gasteiger partial charge < -0.3 is 5.32 Å². The highest BCUT2D eigenvalue weighted by atomic mass is 32.2. The highest BCUT2D eigenvalue weighted by Gasteiger charge is 2.39. The molecule has 2 rings (SSSR count). The van der Waals surface area contributed by atoms with E-state index in [-0.39, 0.29) is 23.1 Å². The summed E-state index contributed by atoms with van der Waals surface area (Å²) < 4.78 is 48.0. The number of amides is 1. The van der Waals surface area contributed by atoms with Crippen LogP contribution < -0.4 is 10.5 Å². The largest absolute Gasteiger partial charge is 0.354 e. The fourth-order valence-electron chi connectivity index (χ4n) is 2.25. The minimum absolute atomic E-state index is 0.138. The Morgan fingerprint density at radius 2 is 2.14 bits per heavy atom. The van der Waals surface area contributed by atoms with Crippen molar-refractivity contribution in [3.63, 3.8) is 0 Å². The predicted octanol–water partition coefficient (Wildman–Crippen LogP) is -0.694. The van der Waals surface area contributed by atoms with Crippen molar-refractivity contribution in [3.05, 3.63) is 17.5 Å². The summed E-state index contributed by atoms with van der Waals surface area (Å²) in [5.41, 5.74) is 0. The van der Waals surface area contributed by atoms with Crippen LogP contribution in [0.1, 0.15) is 12.8 Å². The second kappa shape index (κ2) is 6.62. The molecule has 0 bridgehead atoms. The minimum Gasteiger partial charge on any atom is -0.354 e. The molecule has 11 heteroatoms. The summed E-state index contributed by atoms with van der Waals surface area (Å²) in [7, 11) is -7.36. The molecule has 3 N–H and O–H groups in total. The molecule has 22 heavy (non-hydrogen) atoms. The zero-order valence-electron chi connectivity index (χ0n) is 11.6. The van der Waals surface area contributed by atoms with Crippen molar-refractivity contribution in [1.82, 2.24) is 9.62 Å². The van der Waals surface area contributed by atoms with Gasteiger partial charge in [0.15, 0.2) is 0 Å². The lowest BCUT2D eigenvalue weighted by atomic mass is 10.2. The third-order valence-electron chi connectivity index (χ3n) is 3.25. The molecule has 1 amide bonds. The smallest absolute Gasteiger partial charge is 0.253 e. The molecular formula is C11H17N3O5S3. The third kappa shape index (κ3) is 4.04. The van der Waals surface area contributed by atoms with Crippen molar-refractivity contribution in [2.45, 2.75) is 23.1 Å². The van der Waals surface area contributed by atoms with Crippen LogP contribution >= 0.6 is 11.3 Å². The Kier molecular flexibility index (Phi) is 5.22. The van der Waals surface area contributed by atoms with Gasteiger partial charge in [-0.25, -0.2) is 22.0 Å². The second-order valence-electron chi connectivity index (χ2n) is 4.86. The third-order valence-corrected chi connectivity index (χ3v) is 7.30. The van der Waals surface area contributed by atoms with Gasteiger partial charge in [-0.05, 0) is 24.3 Å². The predicted molar refractivity (Wildman–Crippen MR) is 82.2 cm³/mol. The number of rotatable bonds is 6. The van der Waals surface area contributed by atoms with E-state index in [1.54, 1.807) is 11.4 Å². The summed E-state index contributed by atoms with van der Waals surface area (Å²) >= 11 is 1.09. The summed E-state index contributed by atoms with van der Waals surface area (Å²) in [6.07, 6.45) is 0.990. The van der Waals surface area contributed by atoms with Gasteiger partial charge in [-0.3, -0.25) is 4.79 Å². The molecular weight excluding hydrogens is 350 g/mol. The number of hydrogen-bond donors (Lipinski definition) is 2. The van der Waals surface area contributed by atoms with Crippen LogP contribution in [0.25, 0.3) is 0 Å². The Bertz CT molecular complexity index is 727. The van der Waals surface area contributed by atoms with E-state index in [1.165, 1.54) is 10.4 Å². The number of carbonyl (C=O) groups excluding carboxylic acids is 1. The number of thiophene rings is 1. The molecule has 1 fully saturated rings. The first-order chi connectivity index (χ1) is 10.2. The van der Waals surface area contributed by atoms with E-state index in [1.807, 2.05) is 0 Å². The fraction of sp³-hybridized carbons (Fsp3) is 0.545. The summed E-state index contributed by atoms with van der Waals surface area (Å²) in [6.45, 7) is 0.133. The maximum absolute atomic E-state index is 12.5. The molecule has 1 aliphatic rings. The Morgan fingerprint density at radius 3 is 2.73 bits per heavy atom. The molecule has 8 nitrogen and oxygen atoms in total. The quantitative estimate of drug-likeness (QED) is 0.688. The van der Waals surface area contributed by atoms with Crippen LogP contribution in [0.15, 0.2) is 21.7 Å². The van der Waals surface area contributed by atoms with Crippen molar-refractivity contribution in [2.75, 3.05) is 18.8 Å². The van der Waals surface area contributed by atoms with E-state index in [0.717, 1.165) is 11.3 Å². The lowest BCUT2D eigenvalue weighted by Gasteiger charge is -2.22. The number of nitrogens with one attached hydrogen (secondary N) is 1. The van der Waals surface area contributed by atoms with Crippen LogP contribution in [-0.4, -0.2) is 51.9 Å². The van der Waals surface area contributed by atoms with Crippen molar-refractivity contribution >= 4 is 37.3 Å². The molecule has 1 aromatic heterocycles. The van der Waals surface area contributed by atoms with Crippen LogP contribution in [-0.2, 0) is 24.8 Å². The molecule has 1 atom stereocenters. The maximum Gasteiger partial charge on any atom is 0.253 e. The number of sulfonamides is 2. The van der Waals surface area contributed by atoms with Crippen LogP contribution in [0.4, 0.5) is 0 Å². The molecule has 0 spiro atoms. The van der Waals surface area contributed by atoms with Crippen LogP contribution in [0.3, 0.4) is 0 Å². The summed E-state index contributed by atoms with van der Waals surface area (Å²) in [6, 6.07) is 2.32. The van der Waals surface area contributed by atoms with E-state index in [9.17, 15) is 21.6 Å². The molecule has 1 saturated heterocycles. The van der Waals surface area contributed by atoms with Crippen molar-refractivity contribution in [3.8, 4) is 0 Å². The summed E-state index contributed by atoms with van der Waals surface area (Å²) in [4.78, 5) is 12.1. The lowest BCUT2D eigenvalue weighted by Crippen LogP contribution is -2.46. The lowest BCUT2D eigenvalue weighted by molar-refractivity contribution is -0.124. The topological polar surface area (TPSA) is 127 Å². The number of nitrogens with two attached hydrogens (primary N) is 1. The highest BCUT2D eigenvalue weighted by molar-refractivity contribution is 7.91. The van der Waals surface area contributed by atoms with Gasteiger partial charge in [-0.2, -0.15) is 4.31 Å². The summed E-state index contributed by atoms with van der Waals surface area (Å²) in [5.74, 6) is -0.885. The first-order valence-corrected chi connectivity index (χ1v) is 10.6. The highest BCUT2D eigenvalue weighted by Crippen LogP contribution is 2.28. The Morgan fingerprint density at radius 1 is 1.41 bits per heavy atom. The van der Waals surface area contributed by atoms with Gasteiger partial charge in [0, 0.05) is 13.1 Å². The van der Waals surface area contributed by atoms with Crippen molar-refractivity contribution in [1.29, 1.82) is 0 Å². The fourth-order valence-corrected chi connectivity index (χ4v) is 5.41. The monoisotopic (exact) mass is 367 g/mol. The summed E-state index contributed by atoms with van der Waals surface area (Å²) in [5, 5.41) is 8.94. The number of nitrogens with zero attached hydrogens (tertiary/aromatic N) is 1. The molecule has 0 aliphatic carbocycles. The first-order valence-electron chi connectivity index (χ1n) is 6.55. The number of carbonyl (C=O) groups is 1. The van der Waals surface area contributed by atoms with Crippen molar-refractivity contribution in [2.24, 2.45) is 5.14 Å². The van der Waals surface area contributed by atoms with Gasteiger partial charge in [0.2, 0.25) is 15.9 Å². The molecule has 124 valence electrons. The Hall–Kier alpha value is -1.01. The second-order valence-corrected chi connectivity index (χ2v) is 9.66. The van der Waals surface area contributed by atoms with E-state index in [4.69, 9.17) is 5.14 Å². The minimum atomic E-state index is -3.69. The van der Waals surface area contributed by atoms with Gasteiger partial charge >= 0.3 is 0 Å². The van der Waals surface area contributed by atoms with E-state index >= 15 is 0 Å². The van der Waals surface area contributed by atoms with E-state index in [0.29, 0.717) is 12.8 Å². The molecule has 0 aromatic carbocycles. The number of primary sulfonamides is 1. The molecule has 2 heterocycles. The molecule has 1 aromatic rings. The SMILES string of the molecule is NS(=O)(=O)CCNC(=O)[C@@H]1CCCN1S(=O)(=O)c1cccs1. The zero-order chi connectivity index (χ0) is 16.4. The van der Waals surface area contributed by atoms with Gasteiger partial charge in [0.1, 0.15) is 10.3 Å². The van der Waals surface area contributed by atoms with Gasteiger partial charge in [0.05, 0.1) is 5.75 Å². The normalized spacial score (nSPS) is 20.1. The van der Waals surface area contributed by atoms with Crippen molar-refractivity contribution < 1.29 is 21.6 Å². The van der Waals surface area contributed by atoms with E-state index < -0.39 is 32.0 Å². The molecule has 1 aliphatic heterocycles. The average molecular weight is 367 g/mol. The Labute approximate surface area is 133 Å². The maximum atomic E-state index is 12.5. The van der Waals surface area contributed by atoms with Crippen LogP contribution in [0, 0.1) is 0 Å².